The zero-order valence-electron chi connectivity index (χ0n) is 10.3. The molecule has 3 aromatic rings. The lowest BCUT2D eigenvalue weighted by atomic mass is 10.1. The molecule has 3 rings (SSSR count). The Kier molecular flexibility index (Phi) is 3.10. The lowest BCUT2D eigenvalue weighted by molar-refractivity contribution is 0.449. The maximum atomic E-state index is 13.5. The van der Waals surface area contributed by atoms with Crippen molar-refractivity contribution in [3.8, 4) is 0 Å². The minimum Gasteiger partial charge on any atom is -0.464 e. The number of rotatable bonds is 3. The number of fused-ring (bicyclic) bond motifs is 1. The van der Waals surface area contributed by atoms with Crippen molar-refractivity contribution in [2.24, 2.45) is 0 Å². The molecule has 0 spiro atoms. The first-order valence-corrected chi connectivity index (χ1v) is 5.99. The van der Waals surface area contributed by atoms with Gasteiger partial charge in [-0.15, -0.1) is 0 Å². The molecule has 20 heavy (non-hydrogen) atoms. The Bertz CT molecular complexity index is 767. The highest BCUT2D eigenvalue weighted by Gasteiger charge is 2.13. The van der Waals surface area contributed by atoms with Gasteiger partial charge in [-0.3, -0.25) is 0 Å². The van der Waals surface area contributed by atoms with E-state index in [-0.39, 0.29) is 12.2 Å². The van der Waals surface area contributed by atoms with Crippen molar-refractivity contribution in [3.05, 3.63) is 65.7 Å². The highest BCUT2D eigenvalue weighted by molar-refractivity contribution is 5.81. The Morgan fingerprint density at radius 3 is 2.60 bits per heavy atom. The van der Waals surface area contributed by atoms with E-state index in [0.717, 1.165) is 28.7 Å². The molecule has 2 aromatic carbocycles. The molecule has 0 bridgehead atoms. The van der Waals surface area contributed by atoms with Crippen molar-refractivity contribution in [2.75, 3.05) is 5.32 Å². The van der Waals surface area contributed by atoms with Gasteiger partial charge in [0.05, 0.1) is 12.0 Å². The molecular formula is C15H10F3NO. The first-order chi connectivity index (χ1) is 9.66. The smallest absolute Gasteiger partial charge is 0.196 e. The molecule has 1 N–H and O–H groups in total. The van der Waals surface area contributed by atoms with Gasteiger partial charge >= 0.3 is 0 Å². The van der Waals surface area contributed by atoms with E-state index in [0.29, 0.717) is 0 Å². The summed E-state index contributed by atoms with van der Waals surface area (Å²) in [5.41, 5.74) is 1.44. The fourth-order valence-electron chi connectivity index (χ4n) is 2.02. The Balaban J connectivity index is 1.85. The van der Waals surface area contributed by atoms with Crippen molar-refractivity contribution in [3.63, 3.8) is 0 Å². The van der Waals surface area contributed by atoms with Crippen LogP contribution in [-0.4, -0.2) is 0 Å². The standard InChI is InChI=1S/C15H10F3NO/c16-11-5-6-12(15(18)14(11)17)19-7-9-8-20-13-4-2-1-3-10(9)13/h1-6,8,19H,7H2. The second-order valence-corrected chi connectivity index (χ2v) is 4.33. The van der Waals surface area contributed by atoms with E-state index < -0.39 is 17.5 Å². The highest BCUT2D eigenvalue weighted by Crippen LogP contribution is 2.24. The number of furan rings is 1. The lowest BCUT2D eigenvalue weighted by Gasteiger charge is -2.07. The summed E-state index contributed by atoms with van der Waals surface area (Å²) in [6.45, 7) is 0.249. The third-order valence-corrected chi connectivity index (χ3v) is 3.07. The van der Waals surface area contributed by atoms with Gasteiger partial charge in [0.2, 0.25) is 0 Å². The molecule has 1 aromatic heterocycles. The van der Waals surface area contributed by atoms with E-state index >= 15 is 0 Å². The molecule has 0 unspecified atom stereocenters. The Labute approximate surface area is 112 Å². The molecule has 0 radical (unpaired) electrons. The third-order valence-electron chi connectivity index (χ3n) is 3.07. The minimum absolute atomic E-state index is 0.0887. The van der Waals surface area contributed by atoms with Gasteiger partial charge in [-0.1, -0.05) is 18.2 Å². The maximum absolute atomic E-state index is 13.5. The molecule has 0 fully saturated rings. The summed E-state index contributed by atoms with van der Waals surface area (Å²) in [6.07, 6.45) is 1.55. The molecule has 5 heteroatoms. The number of hydrogen-bond acceptors (Lipinski definition) is 2. The van der Waals surface area contributed by atoms with Crippen LogP contribution in [0.25, 0.3) is 11.0 Å². The molecule has 0 atom stereocenters. The maximum Gasteiger partial charge on any atom is 0.196 e. The summed E-state index contributed by atoms with van der Waals surface area (Å²) in [6, 6.07) is 9.44. The molecular weight excluding hydrogens is 267 g/mol. The molecule has 2 nitrogen and oxygen atoms in total. The van der Waals surface area contributed by atoms with E-state index in [2.05, 4.69) is 5.32 Å². The summed E-state index contributed by atoms with van der Waals surface area (Å²) in [5, 5.41) is 3.63. The second-order valence-electron chi connectivity index (χ2n) is 4.33. The summed E-state index contributed by atoms with van der Waals surface area (Å²) < 4.78 is 44.8. The van der Waals surface area contributed by atoms with Crippen molar-refractivity contribution in [1.29, 1.82) is 0 Å². The largest absolute Gasteiger partial charge is 0.464 e. The van der Waals surface area contributed by atoms with Gasteiger partial charge < -0.3 is 9.73 Å². The zero-order chi connectivity index (χ0) is 14.1. The molecule has 0 aliphatic carbocycles. The highest BCUT2D eigenvalue weighted by atomic mass is 19.2. The van der Waals surface area contributed by atoms with E-state index in [1.54, 1.807) is 6.26 Å². The fraction of sp³-hybridized carbons (Fsp3) is 0.0667. The SMILES string of the molecule is Fc1ccc(NCc2coc3ccccc23)c(F)c1F. The number of anilines is 1. The quantitative estimate of drug-likeness (QED) is 0.715. The normalized spacial score (nSPS) is 10.9. The predicted octanol–water partition coefficient (Wildman–Crippen LogP) is 4.46. The van der Waals surface area contributed by atoms with Gasteiger partial charge in [0.25, 0.3) is 0 Å². The van der Waals surface area contributed by atoms with E-state index in [9.17, 15) is 13.2 Å². The van der Waals surface area contributed by atoms with Gasteiger partial charge in [0.1, 0.15) is 5.58 Å². The number of halogens is 3. The van der Waals surface area contributed by atoms with Crippen molar-refractivity contribution in [1.82, 2.24) is 0 Å². The van der Waals surface area contributed by atoms with Crippen LogP contribution in [0.15, 0.2) is 47.1 Å². The molecule has 102 valence electrons. The molecule has 0 amide bonds. The summed E-state index contributed by atoms with van der Waals surface area (Å²) in [4.78, 5) is 0. The van der Waals surface area contributed by atoms with Gasteiger partial charge in [-0.05, 0) is 18.2 Å². The minimum atomic E-state index is -1.48. The molecule has 0 saturated heterocycles. The van der Waals surface area contributed by atoms with Gasteiger partial charge in [0.15, 0.2) is 17.5 Å². The van der Waals surface area contributed by atoms with Gasteiger partial charge in [-0.25, -0.2) is 13.2 Å². The molecule has 0 saturated carbocycles. The topological polar surface area (TPSA) is 25.2 Å². The summed E-state index contributed by atoms with van der Waals surface area (Å²) >= 11 is 0. The van der Waals surface area contributed by atoms with Gasteiger partial charge in [0, 0.05) is 17.5 Å². The van der Waals surface area contributed by atoms with Crippen LogP contribution in [0.1, 0.15) is 5.56 Å². The lowest BCUT2D eigenvalue weighted by Crippen LogP contribution is -2.03. The zero-order valence-corrected chi connectivity index (χ0v) is 10.3. The van der Waals surface area contributed by atoms with Crippen molar-refractivity contribution in [2.45, 2.75) is 6.54 Å². The predicted molar refractivity (Wildman–Crippen MR) is 69.9 cm³/mol. The Hall–Kier alpha value is -2.43. The Morgan fingerprint density at radius 2 is 1.75 bits per heavy atom. The van der Waals surface area contributed by atoms with Crippen LogP contribution in [0.5, 0.6) is 0 Å². The van der Waals surface area contributed by atoms with Crippen LogP contribution in [0.3, 0.4) is 0 Å². The first-order valence-electron chi connectivity index (χ1n) is 5.99. The number of nitrogens with one attached hydrogen (secondary N) is 1. The van der Waals surface area contributed by atoms with Crippen LogP contribution in [-0.2, 0) is 6.54 Å². The van der Waals surface area contributed by atoms with E-state index in [4.69, 9.17) is 4.42 Å². The average molecular weight is 277 g/mol. The average Bonchev–Trinajstić information content (AvgIpc) is 2.87. The number of para-hydroxylation sites is 1. The monoisotopic (exact) mass is 277 g/mol. The second kappa shape index (κ2) is 4.92. The molecule has 0 aliphatic heterocycles. The van der Waals surface area contributed by atoms with E-state index in [1.165, 1.54) is 0 Å². The van der Waals surface area contributed by atoms with Crippen LogP contribution in [0.4, 0.5) is 18.9 Å². The van der Waals surface area contributed by atoms with Crippen LogP contribution < -0.4 is 5.32 Å². The van der Waals surface area contributed by atoms with Crippen molar-refractivity contribution >= 4 is 16.7 Å². The molecule has 0 aliphatic rings. The van der Waals surface area contributed by atoms with Crippen LogP contribution in [0.2, 0.25) is 0 Å². The third kappa shape index (κ3) is 2.11. The van der Waals surface area contributed by atoms with E-state index in [1.807, 2.05) is 24.3 Å². The summed E-state index contributed by atoms with van der Waals surface area (Å²) in [7, 11) is 0. The van der Waals surface area contributed by atoms with Crippen molar-refractivity contribution < 1.29 is 17.6 Å². The number of hydrogen-bond donors (Lipinski definition) is 1. The van der Waals surface area contributed by atoms with Crippen LogP contribution >= 0.6 is 0 Å². The Morgan fingerprint density at radius 1 is 0.950 bits per heavy atom. The number of benzene rings is 2. The van der Waals surface area contributed by atoms with Gasteiger partial charge in [-0.2, -0.15) is 0 Å². The first kappa shape index (κ1) is 12.6. The summed E-state index contributed by atoms with van der Waals surface area (Å²) in [5.74, 6) is -3.91. The fourth-order valence-corrected chi connectivity index (χ4v) is 2.02. The van der Waals surface area contributed by atoms with Crippen LogP contribution in [0, 0.1) is 17.5 Å². The molecule has 1 heterocycles.